The summed E-state index contributed by atoms with van der Waals surface area (Å²) in [6.45, 7) is 0. The molecule has 84 valence electrons. The van der Waals surface area contributed by atoms with Gasteiger partial charge in [0.2, 0.25) is 0 Å². The average Bonchev–Trinajstić information content (AvgIpc) is 2.66. The number of imidazole rings is 1. The Morgan fingerprint density at radius 2 is 1.94 bits per heavy atom. The molecular formula is C12H8IN3S. The zero-order valence-corrected chi connectivity index (χ0v) is 11.7. The summed E-state index contributed by atoms with van der Waals surface area (Å²) in [7, 11) is 0. The molecule has 5 heteroatoms. The Bertz CT molecular complexity index is 727. The van der Waals surface area contributed by atoms with E-state index in [1.807, 2.05) is 10.6 Å². The van der Waals surface area contributed by atoms with Gasteiger partial charge in [-0.15, -0.1) is 0 Å². The zero-order valence-electron chi connectivity index (χ0n) is 8.72. The molecule has 1 N–H and O–H groups in total. The van der Waals surface area contributed by atoms with Crippen LogP contribution in [0.5, 0.6) is 0 Å². The molecule has 3 aromatic rings. The second kappa shape index (κ2) is 4.23. The lowest BCUT2D eigenvalue weighted by molar-refractivity contribution is 1.06. The molecule has 0 aliphatic rings. The summed E-state index contributed by atoms with van der Waals surface area (Å²) in [5.41, 5.74) is 3.06. The van der Waals surface area contributed by atoms with Crippen molar-refractivity contribution in [3.05, 3.63) is 51.1 Å². The van der Waals surface area contributed by atoms with Gasteiger partial charge in [-0.2, -0.15) is 0 Å². The fraction of sp³-hybridized carbons (Fsp3) is 0. The molecular weight excluding hydrogens is 345 g/mol. The van der Waals surface area contributed by atoms with Crippen LogP contribution in [-0.2, 0) is 0 Å². The minimum absolute atomic E-state index is 0.689. The lowest BCUT2D eigenvalue weighted by Crippen LogP contribution is -1.93. The Kier molecular flexibility index (Phi) is 2.71. The molecule has 1 aromatic carbocycles. The number of nitrogens with one attached hydrogen (secondary N) is 1. The van der Waals surface area contributed by atoms with Gasteiger partial charge in [-0.1, -0.05) is 0 Å². The van der Waals surface area contributed by atoms with Crippen LogP contribution < -0.4 is 0 Å². The lowest BCUT2D eigenvalue weighted by atomic mass is 10.3. The van der Waals surface area contributed by atoms with E-state index in [1.54, 1.807) is 12.4 Å². The maximum atomic E-state index is 5.35. The Hall–Kier alpha value is -1.21. The van der Waals surface area contributed by atoms with Crippen LogP contribution >= 0.6 is 34.8 Å². The second-order valence-electron chi connectivity index (χ2n) is 3.63. The van der Waals surface area contributed by atoms with E-state index in [9.17, 15) is 0 Å². The summed E-state index contributed by atoms with van der Waals surface area (Å²) in [6.07, 6.45) is 3.56. The summed E-state index contributed by atoms with van der Waals surface area (Å²) >= 11 is 7.63. The van der Waals surface area contributed by atoms with Crippen LogP contribution in [0.2, 0.25) is 0 Å². The molecule has 2 aromatic heterocycles. The molecule has 0 saturated heterocycles. The fourth-order valence-corrected chi connectivity index (χ4v) is 2.48. The van der Waals surface area contributed by atoms with Crippen molar-refractivity contribution in [2.75, 3.05) is 0 Å². The number of aromatic amines is 1. The van der Waals surface area contributed by atoms with E-state index >= 15 is 0 Å². The third-order valence-electron chi connectivity index (χ3n) is 2.57. The van der Waals surface area contributed by atoms with E-state index in [4.69, 9.17) is 12.2 Å². The molecule has 0 saturated carbocycles. The van der Waals surface area contributed by atoms with E-state index in [-0.39, 0.29) is 0 Å². The van der Waals surface area contributed by atoms with Crippen LogP contribution in [0, 0.1) is 8.34 Å². The highest BCUT2D eigenvalue weighted by molar-refractivity contribution is 14.1. The molecule has 0 unspecified atom stereocenters. The van der Waals surface area contributed by atoms with Crippen LogP contribution in [0.25, 0.3) is 16.7 Å². The van der Waals surface area contributed by atoms with Gasteiger partial charge in [0, 0.05) is 15.5 Å². The molecule has 3 nitrogen and oxygen atoms in total. The predicted molar refractivity (Wildman–Crippen MR) is 79.0 cm³/mol. The van der Waals surface area contributed by atoms with Crippen molar-refractivity contribution in [2.24, 2.45) is 0 Å². The Balaban J connectivity index is 2.33. The number of hydrogen-bond acceptors (Lipinski definition) is 2. The van der Waals surface area contributed by atoms with Crippen LogP contribution in [0.1, 0.15) is 0 Å². The van der Waals surface area contributed by atoms with Crippen LogP contribution in [0.4, 0.5) is 0 Å². The SMILES string of the molecule is S=c1[nH]c2cnccc2n1-c1ccc(I)cc1. The minimum Gasteiger partial charge on any atom is -0.329 e. The zero-order chi connectivity index (χ0) is 11.8. The summed E-state index contributed by atoms with van der Waals surface area (Å²) in [5.74, 6) is 0. The summed E-state index contributed by atoms with van der Waals surface area (Å²) in [4.78, 5) is 7.24. The van der Waals surface area contributed by atoms with Gasteiger partial charge in [-0.05, 0) is 65.1 Å². The summed E-state index contributed by atoms with van der Waals surface area (Å²) in [5, 5.41) is 0. The maximum Gasteiger partial charge on any atom is 0.182 e. The first-order chi connectivity index (χ1) is 8.25. The van der Waals surface area contributed by atoms with Crippen LogP contribution in [0.3, 0.4) is 0 Å². The van der Waals surface area contributed by atoms with Gasteiger partial charge >= 0.3 is 0 Å². The van der Waals surface area contributed by atoms with E-state index in [2.05, 4.69) is 56.8 Å². The Morgan fingerprint density at radius 3 is 2.71 bits per heavy atom. The van der Waals surface area contributed by atoms with Crippen LogP contribution in [0.15, 0.2) is 42.7 Å². The lowest BCUT2D eigenvalue weighted by Gasteiger charge is -2.04. The molecule has 0 radical (unpaired) electrons. The number of fused-ring (bicyclic) bond motifs is 1. The first kappa shape index (κ1) is 10.9. The second-order valence-corrected chi connectivity index (χ2v) is 5.27. The van der Waals surface area contributed by atoms with Crippen molar-refractivity contribution >= 4 is 45.8 Å². The first-order valence-corrected chi connectivity index (χ1v) is 6.55. The Labute approximate surface area is 117 Å². The number of rotatable bonds is 1. The number of nitrogens with zero attached hydrogens (tertiary/aromatic N) is 2. The molecule has 0 fully saturated rings. The molecule has 0 amide bonds. The number of H-pyrrole nitrogens is 1. The number of hydrogen-bond donors (Lipinski definition) is 1. The number of pyridine rings is 1. The third-order valence-corrected chi connectivity index (χ3v) is 3.57. The number of halogens is 1. The highest BCUT2D eigenvalue weighted by Gasteiger charge is 2.05. The quantitative estimate of drug-likeness (QED) is 0.535. The molecule has 3 rings (SSSR count). The van der Waals surface area contributed by atoms with Gasteiger partial charge in [0.15, 0.2) is 4.77 Å². The highest BCUT2D eigenvalue weighted by Crippen LogP contribution is 2.19. The molecule has 0 atom stereocenters. The van der Waals surface area contributed by atoms with Crippen molar-refractivity contribution in [1.82, 2.24) is 14.5 Å². The topological polar surface area (TPSA) is 33.6 Å². The third kappa shape index (κ3) is 1.89. The minimum atomic E-state index is 0.689. The highest BCUT2D eigenvalue weighted by atomic mass is 127. The Morgan fingerprint density at radius 1 is 1.18 bits per heavy atom. The average molecular weight is 353 g/mol. The fourth-order valence-electron chi connectivity index (χ4n) is 1.81. The van der Waals surface area contributed by atoms with Crippen molar-refractivity contribution in [2.45, 2.75) is 0 Å². The summed E-state index contributed by atoms with van der Waals surface area (Å²) < 4.78 is 3.91. The normalized spacial score (nSPS) is 10.9. The summed E-state index contributed by atoms with van der Waals surface area (Å²) in [6, 6.07) is 10.2. The smallest absolute Gasteiger partial charge is 0.182 e. The van der Waals surface area contributed by atoms with Gasteiger partial charge in [0.05, 0.1) is 17.2 Å². The van der Waals surface area contributed by atoms with Gasteiger partial charge in [-0.3, -0.25) is 9.55 Å². The van der Waals surface area contributed by atoms with Crippen molar-refractivity contribution in [1.29, 1.82) is 0 Å². The van der Waals surface area contributed by atoms with Gasteiger partial charge in [0.25, 0.3) is 0 Å². The van der Waals surface area contributed by atoms with Gasteiger partial charge in [-0.25, -0.2) is 0 Å². The standard InChI is InChI=1S/C12H8IN3S/c13-8-1-3-9(4-2-8)16-11-5-6-14-7-10(11)15-12(16)17/h1-7H,(H,15,17). The molecule has 17 heavy (non-hydrogen) atoms. The first-order valence-electron chi connectivity index (χ1n) is 5.06. The molecule has 0 bridgehead atoms. The van der Waals surface area contributed by atoms with Gasteiger partial charge < -0.3 is 4.98 Å². The molecule has 0 aliphatic carbocycles. The van der Waals surface area contributed by atoms with E-state index in [0.29, 0.717) is 4.77 Å². The molecule has 2 heterocycles. The number of benzene rings is 1. The van der Waals surface area contributed by atoms with Crippen molar-refractivity contribution in [3.63, 3.8) is 0 Å². The van der Waals surface area contributed by atoms with E-state index < -0.39 is 0 Å². The number of aromatic nitrogens is 3. The monoisotopic (exact) mass is 353 g/mol. The van der Waals surface area contributed by atoms with Crippen molar-refractivity contribution < 1.29 is 0 Å². The predicted octanol–water partition coefficient (Wildman–Crippen LogP) is 3.69. The van der Waals surface area contributed by atoms with E-state index in [0.717, 1.165) is 16.7 Å². The maximum absolute atomic E-state index is 5.35. The van der Waals surface area contributed by atoms with E-state index in [1.165, 1.54) is 3.57 Å². The molecule has 0 aliphatic heterocycles. The van der Waals surface area contributed by atoms with Crippen molar-refractivity contribution in [3.8, 4) is 5.69 Å². The largest absolute Gasteiger partial charge is 0.329 e. The van der Waals surface area contributed by atoms with Crippen LogP contribution in [-0.4, -0.2) is 14.5 Å². The molecule has 0 spiro atoms. The van der Waals surface area contributed by atoms with Gasteiger partial charge in [0.1, 0.15) is 0 Å².